The van der Waals surface area contributed by atoms with Crippen LogP contribution in [0.3, 0.4) is 0 Å². The monoisotopic (exact) mass is 248 g/mol. The molecule has 15 heavy (non-hydrogen) atoms. The fourth-order valence-electron chi connectivity index (χ4n) is 0.968. The van der Waals surface area contributed by atoms with E-state index in [-0.39, 0.29) is 18.3 Å². The quantitative estimate of drug-likeness (QED) is 0.845. The van der Waals surface area contributed by atoms with Gasteiger partial charge in [-0.05, 0) is 31.5 Å². The summed E-state index contributed by atoms with van der Waals surface area (Å²) in [5.41, 5.74) is 7.06. The molecule has 1 rings (SSSR count). The molecule has 0 aliphatic carbocycles. The van der Waals surface area contributed by atoms with Crippen molar-refractivity contribution in [2.45, 2.75) is 19.9 Å². The lowest BCUT2D eigenvalue weighted by Crippen LogP contribution is -2.32. The van der Waals surface area contributed by atoms with Crippen molar-refractivity contribution >= 4 is 35.6 Å². The van der Waals surface area contributed by atoms with Gasteiger partial charge in [-0.2, -0.15) is 0 Å². The van der Waals surface area contributed by atoms with Crippen molar-refractivity contribution in [1.29, 1.82) is 0 Å². The van der Waals surface area contributed by atoms with Crippen molar-refractivity contribution in [2.24, 2.45) is 5.73 Å². The van der Waals surface area contributed by atoms with Crippen LogP contribution in [0.25, 0.3) is 0 Å². The summed E-state index contributed by atoms with van der Waals surface area (Å²) in [5.74, 6) is -0.240. The van der Waals surface area contributed by atoms with E-state index in [1.165, 1.54) is 0 Å². The Morgan fingerprint density at radius 3 is 2.60 bits per heavy atom. The fourth-order valence-corrected chi connectivity index (χ4v) is 1.25. The molecule has 1 aromatic rings. The predicted molar refractivity (Wildman–Crippen MR) is 65.7 cm³/mol. The summed E-state index contributed by atoms with van der Waals surface area (Å²) in [7, 11) is 0. The summed E-state index contributed by atoms with van der Waals surface area (Å²) in [5, 5.41) is 3.17. The second kappa shape index (κ2) is 5.95. The number of benzene rings is 1. The molecule has 0 aliphatic heterocycles. The minimum Gasteiger partial charge on any atom is -0.323 e. The molecule has 0 saturated carbocycles. The van der Waals surface area contributed by atoms with Crippen LogP contribution in [0, 0.1) is 6.92 Å². The fraction of sp³-hybridized carbons (Fsp3) is 0.300. The van der Waals surface area contributed by atoms with E-state index in [0.717, 1.165) is 5.56 Å². The summed E-state index contributed by atoms with van der Waals surface area (Å²) in [6.07, 6.45) is 0. The average molecular weight is 249 g/mol. The van der Waals surface area contributed by atoms with Gasteiger partial charge in [-0.25, -0.2) is 0 Å². The Labute approximate surface area is 100 Å². The molecule has 0 saturated heterocycles. The highest BCUT2D eigenvalue weighted by molar-refractivity contribution is 6.33. The van der Waals surface area contributed by atoms with Crippen molar-refractivity contribution in [2.75, 3.05) is 5.32 Å². The van der Waals surface area contributed by atoms with E-state index in [0.29, 0.717) is 10.7 Å². The number of carbonyl (C=O) groups is 1. The Morgan fingerprint density at radius 1 is 1.53 bits per heavy atom. The van der Waals surface area contributed by atoms with Crippen LogP contribution < -0.4 is 11.1 Å². The van der Waals surface area contributed by atoms with Crippen molar-refractivity contribution in [3.05, 3.63) is 28.8 Å². The SMILES string of the molecule is Cc1ccc(NC(=O)C(C)N)c(Cl)c1.Cl. The molecule has 1 amide bonds. The van der Waals surface area contributed by atoms with Crippen molar-refractivity contribution in [3.8, 4) is 0 Å². The molecule has 0 aliphatic rings. The van der Waals surface area contributed by atoms with Crippen LogP contribution in [-0.4, -0.2) is 11.9 Å². The van der Waals surface area contributed by atoms with Gasteiger partial charge in [-0.1, -0.05) is 17.7 Å². The van der Waals surface area contributed by atoms with E-state index in [1.807, 2.05) is 13.0 Å². The van der Waals surface area contributed by atoms with E-state index >= 15 is 0 Å². The molecule has 3 nitrogen and oxygen atoms in total. The lowest BCUT2D eigenvalue weighted by molar-refractivity contribution is -0.117. The standard InChI is InChI=1S/C10H13ClN2O.ClH/c1-6-3-4-9(8(11)5-6)13-10(14)7(2)12;/h3-5,7H,12H2,1-2H3,(H,13,14);1H. The Balaban J connectivity index is 0.00000196. The Morgan fingerprint density at radius 2 is 2.13 bits per heavy atom. The molecule has 0 fully saturated rings. The zero-order chi connectivity index (χ0) is 10.7. The number of nitrogens with two attached hydrogens (primary N) is 1. The third-order valence-corrected chi connectivity index (χ3v) is 2.11. The van der Waals surface area contributed by atoms with Gasteiger partial charge in [0.15, 0.2) is 0 Å². The molecule has 0 spiro atoms. The number of aryl methyl sites for hydroxylation is 1. The van der Waals surface area contributed by atoms with Crippen LogP contribution in [0.4, 0.5) is 5.69 Å². The molecule has 5 heteroatoms. The van der Waals surface area contributed by atoms with Crippen LogP contribution in [0.2, 0.25) is 5.02 Å². The highest BCUT2D eigenvalue weighted by Crippen LogP contribution is 2.22. The van der Waals surface area contributed by atoms with Gasteiger partial charge in [-0.3, -0.25) is 4.79 Å². The number of carbonyl (C=O) groups excluding carboxylic acids is 1. The average Bonchev–Trinajstić information content (AvgIpc) is 2.09. The normalized spacial score (nSPS) is 11.5. The first kappa shape index (κ1) is 14.2. The number of hydrogen-bond acceptors (Lipinski definition) is 2. The van der Waals surface area contributed by atoms with Crippen LogP contribution in [0.15, 0.2) is 18.2 Å². The maximum absolute atomic E-state index is 11.3. The molecule has 0 radical (unpaired) electrons. The molecule has 84 valence electrons. The van der Waals surface area contributed by atoms with Gasteiger partial charge < -0.3 is 11.1 Å². The number of hydrogen-bond donors (Lipinski definition) is 2. The van der Waals surface area contributed by atoms with E-state index in [4.69, 9.17) is 17.3 Å². The Bertz CT molecular complexity index is 353. The molecule has 3 N–H and O–H groups in total. The minimum absolute atomic E-state index is 0. The first-order chi connectivity index (χ1) is 6.50. The predicted octanol–water partition coefficient (Wildman–Crippen LogP) is 2.36. The maximum Gasteiger partial charge on any atom is 0.241 e. The van der Waals surface area contributed by atoms with Gasteiger partial charge in [-0.15, -0.1) is 12.4 Å². The minimum atomic E-state index is -0.535. The number of rotatable bonds is 2. The summed E-state index contributed by atoms with van der Waals surface area (Å²) in [6, 6.07) is 4.89. The first-order valence-electron chi connectivity index (χ1n) is 4.33. The largest absolute Gasteiger partial charge is 0.323 e. The zero-order valence-corrected chi connectivity index (χ0v) is 10.2. The molecule has 0 bridgehead atoms. The lowest BCUT2D eigenvalue weighted by Gasteiger charge is -2.09. The van der Waals surface area contributed by atoms with Gasteiger partial charge in [0.1, 0.15) is 0 Å². The Hall–Kier alpha value is -0.770. The summed E-state index contributed by atoms with van der Waals surface area (Å²) < 4.78 is 0. The summed E-state index contributed by atoms with van der Waals surface area (Å²) >= 11 is 5.92. The molecule has 0 aromatic heterocycles. The van der Waals surface area contributed by atoms with Crippen LogP contribution >= 0.6 is 24.0 Å². The van der Waals surface area contributed by atoms with E-state index in [9.17, 15) is 4.79 Å². The second-order valence-corrected chi connectivity index (χ2v) is 3.67. The van der Waals surface area contributed by atoms with Gasteiger partial charge in [0.2, 0.25) is 5.91 Å². The molecular formula is C10H14Cl2N2O. The summed E-state index contributed by atoms with van der Waals surface area (Å²) in [4.78, 5) is 11.3. The lowest BCUT2D eigenvalue weighted by atomic mass is 10.2. The van der Waals surface area contributed by atoms with Crippen molar-refractivity contribution < 1.29 is 4.79 Å². The first-order valence-corrected chi connectivity index (χ1v) is 4.71. The molecular weight excluding hydrogens is 235 g/mol. The van der Waals surface area contributed by atoms with Crippen LogP contribution in [0.1, 0.15) is 12.5 Å². The molecule has 0 heterocycles. The summed E-state index contributed by atoms with van der Waals surface area (Å²) in [6.45, 7) is 3.56. The van der Waals surface area contributed by atoms with E-state index in [1.54, 1.807) is 19.1 Å². The number of nitrogens with one attached hydrogen (secondary N) is 1. The van der Waals surface area contributed by atoms with Gasteiger partial charge in [0.05, 0.1) is 16.8 Å². The third kappa shape index (κ3) is 4.08. The number of amides is 1. The topological polar surface area (TPSA) is 55.1 Å². The molecule has 1 atom stereocenters. The van der Waals surface area contributed by atoms with Crippen LogP contribution in [0.5, 0.6) is 0 Å². The molecule has 1 aromatic carbocycles. The van der Waals surface area contributed by atoms with Gasteiger partial charge >= 0.3 is 0 Å². The van der Waals surface area contributed by atoms with Crippen molar-refractivity contribution in [3.63, 3.8) is 0 Å². The van der Waals surface area contributed by atoms with E-state index < -0.39 is 6.04 Å². The molecule has 1 unspecified atom stereocenters. The zero-order valence-electron chi connectivity index (χ0n) is 8.58. The smallest absolute Gasteiger partial charge is 0.241 e. The van der Waals surface area contributed by atoms with Crippen molar-refractivity contribution in [1.82, 2.24) is 0 Å². The second-order valence-electron chi connectivity index (χ2n) is 3.26. The number of halogens is 2. The maximum atomic E-state index is 11.3. The van der Waals surface area contributed by atoms with E-state index in [2.05, 4.69) is 5.32 Å². The Kier molecular flexibility index (Phi) is 5.65. The van der Waals surface area contributed by atoms with Gasteiger partial charge in [0, 0.05) is 0 Å². The highest BCUT2D eigenvalue weighted by Gasteiger charge is 2.09. The van der Waals surface area contributed by atoms with Gasteiger partial charge in [0.25, 0.3) is 0 Å². The third-order valence-electron chi connectivity index (χ3n) is 1.80. The number of anilines is 1. The van der Waals surface area contributed by atoms with Crippen LogP contribution in [-0.2, 0) is 4.79 Å². The highest BCUT2D eigenvalue weighted by atomic mass is 35.5.